The first-order chi connectivity index (χ1) is 3.42. The van der Waals surface area contributed by atoms with Crippen LogP contribution >= 0.6 is 8.15 Å². The van der Waals surface area contributed by atoms with Crippen molar-refractivity contribution in [1.29, 1.82) is 0 Å². The summed E-state index contributed by atoms with van der Waals surface area (Å²) in [5.74, 6) is 0. The average Bonchev–Trinajstić information content (AvgIpc) is 1.21. The van der Waals surface area contributed by atoms with Gasteiger partial charge in [0.15, 0.2) is 0 Å². The standard InChI is InChI=1S/C2H7O3PS2/c1-6(2)5-8(3,4)7/h1-2H3,(H,3,4,7). The van der Waals surface area contributed by atoms with Gasteiger partial charge in [-0.2, -0.15) is 4.21 Å². The molecule has 0 aliphatic heterocycles. The summed E-state index contributed by atoms with van der Waals surface area (Å²) in [6, 6.07) is 0. The number of hydrogen-bond donors (Lipinski definition) is 1. The van der Waals surface area contributed by atoms with Crippen LogP contribution in [0.15, 0.2) is 0 Å². The third kappa shape index (κ3) is 6.72. The molecule has 1 atom stereocenters. The fraction of sp³-hybridized carbons (Fsp3) is 1.00. The van der Waals surface area contributed by atoms with E-state index in [1.807, 2.05) is 0 Å². The molecule has 1 N–H and O–H groups in total. The maximum atomic E-state index is 10.2. The molecule has 8 heavy (non-hydrogen) atoms. The van der Waals surface area contributed by atoms with Crippen LogP contribution in [0.3, 0.4) is 0 Å². The highest BCUT2D eigenvalue weighted by atomic mass is 32.9. The molecule has 0 aromatic carbocycles. The van der Waals surface area contributed by atoms with Gasteiger partial charge in [0, 0.05) is 19.3 Å². The van der Waals surface area contributed by atoms with Crippen molar-refractivity contribution in [2.24, 2.45) is 0 Å². The van der Waals surface area contributed by atoms with Crippen molar-refractivity contribution in [3.63, 3.8) is 0 Å². The molecule has 0 aliphatic carbocycles. The van der Waals surface area contributed by atoms with Gasteiger partial charge in [0.2, 0.25) is 0 Å². The molecule has 0 radical (unpaired) electrons. The van der Waals surface area contributed by atoms with Crippen molar-refractivity contribution in [3.8, 4) is 0 Å². The Hall–Kier alpha value is 0.720. The monoisotopic (exact) mass is 174 g/mol. The van der Waals surface area contributed by atoms with Gasteiger partial charge in [0.1, 0.15) is 0 Å². The first kappa shape index (κ1) is 8.72. The largest absolute Gasteiger partial charge is 0.285 e. The van der Waals surface area contributed by atoms with E-state index >= 15 is 0 Å². The molecule has 50 valence electrons. The zero-order valence-electron chi connectivity index (χ0n) is 4.53. The van der Waals surface area contributed by atoms with Crippen molar-refractivity contribution in [2.45, 2.75) is 0 Å². The Bertz CT molecular complexity index is 149. The molecule has 0 spiro atoms. The maximum Gasteiger partial charge on any atom is 0.269 e. The summed E-state index contributed by atoms with van der Waals surface area (Å²) in [7, 11) is -4.18. The van der Waals surface area contributed by atoms with E-state index in [-0.39, 0.29) is 0 Å². The van der Waals surface area contributed by atoms with Crippen molar-refractivity contribution >= 4 is 28.4 Å². The van der Waals surface area contributed by atoms with E-state index in [2.05, 4.69) is 15.2 Å². The molecule has 3 nitrogen and oxygen atoms in total. The zero-order valence-corrected chi connectivity index (χ0v) is 7.05. The fourth-order valence-electron chi connectivity index (χ4n) is 0.188. The second-order valence-electron chi connectivity index (χ2n) is 1.31. The van der Waals surface area contributed by atoms with E-state index in [0.717, 1.165) is 0 Å². The van der Waals surface area contributed by atoms with E-state index in [4.69, 9.17) is 4.55 Å². The van der Waals surface area contributed by atoms with Gasteiger partial charge in [-0.25, -0.2) is 3.97 Å². The van der Waals surface area contributed by atoms with Crippen LogP contribution in [0.1, 0.15) is 0 Å². The molecule has 1 unspecified atom stereocenters. The molecule has 0 bridgehead atoms. The second kappa shape index (κ2) is 3.03. The van der Waals surface area contributed by atoms with Crippen LogP contribution in [0.4, 0.5) is 0 Å². The van der Waals surface area contributed by atoms with Gasteiger partial charge < -0.3 is 0 Å². The lowest BCUT2D eigenvalue weighted by molar-refractivity contribution is 0.476. The third-order valence-corrected chi connectivity index (χ3v) is 2.74. The third-order valence-electron chi connectivity index (χ3n) is 0.243. The fourth-order valence-corrected chi connectivity index (χ4v) is 2.79. The Morgan fingerprint density at radius 1 is 1.75 bits per heavy atom. The van der Waals surface area contributed by atoms with Crippen molar-refractivity contribution in [1.82, 2.24) is 0 Å². The van der Waals surface area contributed by atoms with Crippen LogP contribution in [0.2, 0.25) is 0 Å². The molecular weight excluding hydrogens is 167 g/mol. The van der Waals surface area contributed by atoms with Crippen molar-refractivity contribution in [3.05, 3.63) is 0 Å². The van der Waals surface area contributed by atoms with Crippen LogP contribution in [0.25, 0.3) is 0 Å². The quantitative estimate of drug-likeness (QED) is 0.629. The van der Waals surface area contributed by atoms with E-state index in [0.29, 0.717) is 0 Å². The van der Waals surface area contributed by atoms with Crippen LogP contribution in [0, 0.1) is 0 Å². The average molecular weight is 174 g/mol. The normalized spacial score (nSPS) is 18.5. The Kier molecular flexibility index (Phi) is 3.31. The predicted octanol–water partition coefficient (Wildman–Crippen LogP) is 0.794. The Morgan fingerprint density at radius 3 is 2.12 bits per heavy atom. The van der Waals surface area contributed by atoms with Crippen molar-refractivity contribution in [2.75, 3.05) is 13.3 Å². The molecule has 6 heteroatoms. The lowest BCUT2D eigenvalue weighted by Crippen LogP contribution is -1.95. The Morgan fingerprint density at radius 2 is 2.12 bits per heavy atom. The smallest absolute Gasteiger partial charge is 0.269 e. The number of hydrogen-bond acceptors (Lipinski definition) is 3. The van der Waals surface area contributed by atoms with Gasteiger partial charge in [-0.15, -0.1) is 0 Å². The van der Waals surface area contributed by atoms with E-state index in [9.17, 15) is 4.21 Å². The van der Waals surface area contributed by atoms with Crippen LogP contribution < -0.4 is 0 Å². The summed E-state index contributed by atoms with van der Waals surface area (Å²) in [6.07, 6.45) is 0. The van der Waals surface area contributed by atoms with Gasteiger partial charge in [0.05, 0.1) is 0 Å². The topological polar surface area (TPSA) is 46.5 Å². The first-order valence-corrected chi connectivity index (χ1v) is 6.28. The lowest BCUT2D eigenvalue weighted by atomic mass is 11.9. The molecule has 0 fully saturated rings. The molecule has 0 rings (SSSR count). The summed E-state index contributed by atoms with van der Waals surface area (Å²) in [5, 5.41) is 0. The minimum absolute atomic E-state index is 0.818. The second-order valence-corrected chi connectivity index (χ2v) is 5.65. The maximum absolute atomic E-state index is 10.2. The minimum Gasteiger partial charge on any atom is -0.285 e. The molecule has 0 heterocycles. The summed E-state index contributed by atoms with van der Waals surface area (Å²) in [4.78, 5) is 0. The molecule has 0 amide bonds. The minimum atomic E-state index is -3.36. The highest BCUT2D eigenvalue weighted by Crippen LogP contribution is 2.27. The van der Waals surface area contributed by atoms with Crippen molar-refractivity contribution < 1.29 is 12.7 Å². The van der Waals surface area contributed by atoms with Gasteiger partial charge in [-0.3, -0.25) is 4.55 Å². The first-order valence-electron chi connectivity index (χ1n) is 1.76. The summed E-state index contributed by atoms with van der Waals surface area (Å²) < 4.78 is 22.9. The molecular formula is C2H7O3PS2. The molecule has 0 aromatic heterocycles. The Labute approximate surface area is 55.0 Å². The summed E-state index contributed by atoms with van der Waals surface area (Å²) >= 11 is 4.04. The highest BCUT2D eigenvalue weighted by Gasteiger charge is 2.01. The molecule has 0 aliphatic rings. The van der Waals surface area contributed by atoms with Gasteiger partial charge in [0.25, 0.3) is 9.05 Å². The van der Waals surface area contributed by atoms with E-state index in [1.165, 1.54) is 0 Å². The van der Waals surface area contributed by atoms with Gasteiger partial charge in [-0.1, -0.05) is 0 Å². The molecule has 0 saturated carbocycles. The zero-order chi connectivity index (χ0) is 6.78. The van der Waals surface area contributed by atoms with Crippen LogP contribution in [-0.2, 0) is 24.2 Å². The Balaban J connectivity index is 3.75. The highest BCUT2D eigenvalue weighted by molar-refractivity contribution is 8.28. The van der Waals surface area contributed by atoms with Gasteiger partial charge >= 0.3 is 0 Å². The van der Waals surface area contributed by atoms with E-state index in [1.54, 1.807) is 13.3 Å². The predicted molar refractivity (Wildman–Crippen MR) is 38.0 cm³/mol. The molecule has 0 saturated heterocycles. The van der Waals surface area contributed by atoms with Gasteiger partial charge in [-0.05, 0) is 13.3 Å². The molecule has 0 aromatic rings. The van der Waals surface area contributed by atoms with Crippen LogP contribution in [0.5, 0.6) is 0 Å². The SMILES string of the molecule is CP(C)OS(=O)(O)=S. The number of rotatable bonds is 2. The summed E-state index contributed by atoms with van der Waals surface area (Å²) in [5.41, 5.74) is 0. The van der Waals surface area contributed by atoms with E-state index < -0.39 is 17.2 Å². The lowest BCUT2D eigenvalue weighted by Gasteiger charge is -2.02. The van der Waals surface area contributed by atoms with Crippen LogP contribution in [-0.4, -0.2) is 22.1 Å². The summed E-state index contributed by atoms with van der Waals surface area (Å²) in [6.45, 7) is 3.41.